The number of benzene rings is 3. The molecule has 0 aliphatic rings. The molecular weight excluding hydrogens is 416 g/mol. The van der Waals surface area contributed by atoms with E-state index in [1.54, 1.807) is 66.7 Å². The number of nitrogens with zero attached hydrogens (tertiary/aromatic N) is 1. The molecule has 0 aromatic heterocycles. The average molecular weight is 439 g/mol. The molecule has 0 spiro atoms. The van der Waals surface area contributed by atoms with Crippen LogP contribution in [0.3, 0.4) is 0 Å². The minimum absolute atomic E-state index is 0.0605. The number of amides is 1. The number of nitrogens with one attached hydrogen (secondary N) is 1. The minimum atomic E-state index is -3.67. The fourth-order valence-corrected chi connectivity index (χ4v) is 4.19. The standard InChI is InChI=1S/C23H22N2O5S/c1-25(31(28,29)19-8-4-3-5-9-19)18-14-12-17(13-15-18)16-22(26)24-21-11-7-6-10-20(21)23(27)30-2/h3-15H,16H2,1-2H3,(H,24,26). The maximum absolute atomic E-state index is 12.7. The summed E-state index contributed by atoms with van der Waals surface area (Å²) >= 11 is 0. The van der Waals surface area contributed by atoms with E-state index in [1.807, 2.05) is 0 Å². The van der Waals surface area contributed by atoms with Crippen molar-refractivity contribution in [3.63, 3.8) is 0 Å². The van der Waals surface area contributed by atoms with Crippen LogP contribution in [0.15, 0.2) is 83.8 Å². The SMILES string of the molecule is COC(=O)c1ccccc1NC(=O)Cc1ccc(N(C)S(=O)(=O)c2ccccc2)cc1. The van der Waals surface area contributed by atoms with Crippen molar-refractivity contribution in [2.45, 2.75) is 11.3 Å². The van der Waals surface area contributed by atoms with Gasteiger partial charge in [-0.15, -0.1) is 0 Å². The number of carbonyl (C=O) groups excluding carboxylic acids is 2. The molecule has 0 heterocycles. The van der Waals surface area contributed by atoms with Gasteiger partial charge in [-0.05, 0) is 42.0 Å². The number of para-hydroxylation sites is 1. The molecule has 0 bridgehead atoms. The first-order chi connectivity index (χ1) is 14.8. The highest BCUT2D eigenvalue weighted by Gasteiger charge is 2.21. The van der Waals surface area contributed by atoms with E-state index in [4.69, 9.17) is 4.74 Å². The van der Waals surface area contributed by atoms with E-state index in [2.05, 4.69) is 5.32 Å². The van der Waals surface area contributed by atoms with Gasteiger partial charge in [0.25, 0.3) is 10.0 Å². The van der Waals surface area contributed by atoms with Gasteiger partial charge in [-0.1, -0.05) is 42.5 Å². The molecular formula is C23H22N2O5S. The molecule has 0 saturated heterocycles. The summed E-state index contributed by atoms with van der Waals surface area (Å²) in [6.07, 6.45) is 0.0605. The van der Waals surface area contributed by atoms with Crippen LogP contribution < -0.4 is 9.62 Å². The second-order valence-corrected chi connectivity index (χ2v) is 8.68. The molecule has 0 unspecified atom stereocenters. The third-order valence-electron chi connectivity index (χ3n) is 4.67. The molecule has 8 heteroatoms. The maximum Gasteiger partial charge on any atom is 0.339 e. The summed E-state index contributed by atoms with van der Waals surface area (Å²) in [5.41, 5.74) is 1.80. The fourth-order valence-electron chi connectivity index (χ4n) is 2.97. The lowest BCUT2D eigenvalue weighted by Gasteiger charge is -2.19. The summed E-state index contributed by atoms with van der Waals surface area (Å²) in [5, 5.41) is 2.71. The number of anilines is 2. The van der Waals surface area contributed by atoms with Crippen molar-refractivity contribution in [2.24, 2.45) is 0 Å². The number of hydrogen-bond acceptors (Lipinski definition) is 5. The quantitative estimate of drug-likeness (QED) is 0.570. The van der Waals surface area contributed by atoms with E-state index >= 15 is 0 Å². The third kappa shape index (κ3) is 5.10. The normalized spacial score (nSPS) is 10.9. The summed E-state index contributed by atoms with van der Waals surface area (Å²) in [7, 11) is -0.919. The van der Waals surface area contributed by atoms with Crippen LogP contribution in [0.5, 0.6) is 0 Å². The molecule has 0 aliphatic carbocycles. The van der Waals surface area contributed by atoms with E-state index in [1.165, 1.54) is 30.6 Å². The van der Waals surface area contributed by atoms with E-state index in [9.17, 15) is 18.0 Å². The zero-order valence-corrected chi connectivity index (χ0v) is 17.9. The topological polar surface area (TPSA) is 92.8 Å². The Morgan fingerprint density at radius 3 is 2.16 bits per heavy atom. The largest absolute Gasteiger partial charge is 0.465 e. The molecule has 160 valence electrons. The fraction of sp³-hybridized carbons (Fsp3) is 0.130. The summed E-state index contributed by atoms with van der Waals surface area (Å²) in [5.74, 6) is -0.850. The van der Waals surface area contributed by atoms with Crippen molar-refractivity contribution < 1.29 is 22.7 Å². The summed E-state index contributed by atoms with van der Waals surface area (Å²) in [6.45, 7) is 0. The van der Waals surface area contributed by atoms with E-state index in [-0.39, 0.29) is 22.8 Å². The molecule has 3 aromatic rings. The molecule has 0 aliphatic heterocycles. The predicted octanol–water partition coefficient (Wildman–Crippen LogP) is 3.48. The number of esters is 1. The van der Waals surface area contributed by atoms with Crippen LogP contribution in [0.4, 0.5) is 11.4 Å². The molecule has 1 N–H and O–H groups in total. The van der Waals surface area contributed by atoms with Crippen LogP contribution in [0, 0.1) is 0 Å². The van der Waals surface area contributed by atoms with Crippen molar-refractivity contribution in [1.29, 1.82) is 0 Å². The predicted molar refractivity (Wildman–Crippen MR) is 119 cm³/mol. The van der Waals surface area contributed by atoms with Crippen molar-refractivity contribution in [3.05, 3.63) is 90.0 Å². The Morgan fingerprint density at radius 2 is 1.52 bits per heavy atom. The lowest BCUT2D eigenvalue weighted by atomic mass is 10.1. The van der Waals surface area contributed by atoms with Gasteiger partial charge in [0.05, 0.1) is 35.4 Å². The van der Waals surface area contributed by atoms with Gasteiger partial charge < -0.3 is 10.1 Å². The van der Waals surface area contributed by atoms with Gasteiger partial charge in [-0.25, -0.2) is 13.2 Å². The van der Waals surface area contributed by atoms with E-state index < -0.39 is 16.0 Å². The van der Waals surface area contributed by atoms with Crippen molar-refractivity contribution in [2.75, 3.05) is 23.8 Å². The first-order valence-electron chi connectivity index (χ1n) is 9.43. The van der Waals surface area contributed by atoms with Gasteiger partial charge >= 0.3 is 5.97 Å². The molecule has 1 amide bonds. The van der Waals surface area contributed by atoms with Gasteiger partial charge in [0.15, 0.2) is 0 Å². The van der Waals surface area contributed by atoms with Crippen molar-refractivity contribution in [1.82, 2.24) is 0 Å². The number of hydrogen-bond donors (Lipinski definition) is 1. The Hall–Kier alpha value is -3.65. The molecule has 7 nitrogen and oxygen atoms in total. The van der Waals surface area contributed by atoms with Crippen LogP contribution in [-0.4, -0.2) is 34.5 Å². The molecule has 0 saturated carbocycles. The summed E-state index contributed by atoms with van der Waals surface area (Å²) in [4.78, 5) is 24.5. The molecule has 3 rings (SSSR count). The summed E-state index contributed by atoms with van der Waals surface area (Å²) < 4.78 is 31.4. The monoisotopic (exact) mass is 438 g/mol. The lowest BCUT2D eigenvalue weighted by Crippen LogP contribution is -2.26. The third-order valence-corrected chi connectivity index (χ3v) is 6.47. The van der Waals surface area contributed by atoms with Crippen LogP contribution >= 0.6 is 0 Å². The second kappa shape index (κ2) is 9.44. The van der Waals surface area contributed by atoms with Crippen LogP contribution in [0.25, 0.3) is 0 Å². The number of sulfonamides is 1. The van der Waals surface area contributed by atoms with Gasteiger partial charge in [0.1, 0.15) is 0 Å². The average Bonchev–Trinajstić information content (AvgIpc) is 2.79. The molecule has 0 atom stereocenters. The summed E-state index contributed by atoms with van der Waals surface area (Å²) in [6, 6.07) is 21.4. The number of methoxy groups -OCH3 is 1. The Kier molecular flexibility index (Phi) is 6.71. The van der Waals surface area contributed by atoms with E-state index in [0.29, 0.717) is 16.9 Å². The minimum Gasteiger partial charge on any atom is -0.465 e. The van der Waals surface area contributed by atoms with Crippen molar-refractivity contribution >= 4 is 33.3 Å². The van der Waals surface area contributed by atoms with E-state index in [0.717, 1.165) is 0 Å². The Bertz CT molecular complexity index is 1180. The number of ether oxygens (including phenoxy) is 1. The highest BCUT2D eigenvalue weighted by Crippen LogP contribution is 2.23. The number of carbonyl (C=O) groups is 2. The van der Waals surface area contributed by atoms with Crippen molar-refractivity contribution in [3.8, 4) is 0 Å². The Balaban J connectivity index is 1.70. The van der Waals surface area contributed by atoms with Gasteiger partial charge in [-0.3, -0.25) is 9.10 Å². The highest BCUT2D eigenvalue weighted by molar-refractivity contribution is 7.92. The zero-order chi connectivity index (χ0) is 22.4. The van der Waals surface area contributed by atoms with Gasteiger partial charge in [0.2, 0.25) is 5.91 Å². The molecule has 3 aromatic carbocycles. The molecule has 0 fully saturated rings. The van der Waals surface area contributed by atoms with Gasteiger partial charge in [-0.2, -0.15) is 0 Å². The Labute approximate surface area is 181 Å². The van der Waals surface area contributed by atoms with Gasteiger partial charge in [0, 0.05) is 7.05 Å². The lowest BCUT2D eigenvalue weighted by molar-refractivity contribution is -0.115. The zero-order valence-electron chi connectivity index (χ0n) is 17.1. The molecule has 0 radical (unpaired) electrons. The smallest absolute Gasteiger partial charge is 0.339 e. The maximum atomic E-state index is 12.7. The molecule has 31 heavy (non-hydrogen) atoms. The van der Waals surface area contributed by atoms with Crippen LogP contribution in [-0.2, 0) is 26.0 Å². The number of rotatable bonds is 7. The second-order valence-electron chi connectivity index (χ2n) is 6.71. The van der Waals surface area contributed by atoms with Crippen LogP contribution in [0.2, 0.25) is 0 Å². The van der Waals surface area contributed by atoms with Crippen LogP contribution in [0.1, 0.15) is 15.9 Å². The Morgan fingerprint density at radius 1 is 0.903 bits per heavy atom. The highest BCUT2D eigenvalue weighted by atomic mass is 32.2. The first kappa shape index (κ1) is 22.0. The first-order valence-corrected chi connectivity index (χ1v) is 10.9.